The highest BCUT2D eigenvalue weighted by molar-refractivity contribution is 7.92. The standard InChI is InChI=1S/C32H38ClN3O4S/c1-4-29(32(38)34-27-14-8-9-15-27)35(21-25-13-7-5-11-23(25)2)31(37)22-36(30-16-10-6-12-24(30)3)41(39,40)28-19-17-26(33)18-20-28/h5-7,10-13,16-20,27,29H,4,8-9,14-15,21-22H2,1-3H3,(H,34,38)/t29-/m0/s1. The molecule has 3 aromatic rings. The summed E-state index contributed by atoms with van der Waals surface area (Å²) in [7, 11) is -4.15. The Bertz CT molecular complexity index is 1470. The molecule has 1 aliphatic rings. The minimum absolute atomic E-state index is 0.0226. The molecular weight excluding hydrogens is 558 g/mol. The van der Waals surface area contributed by atoms with Crippen LogP contribution in [0.3, 0.4) is 0 Å². The largest absolute Gasteiger partial charge is 0.352 e. The fraction of sp³-hybridized carbons (Fsp3) is 0.375. The van der Waals surface area contributed by atoms with E-state index in [-0.39, 0.29) is 23.4 Å². The summed E-state index contributed by atoms with van der Waals surface area (Å²) in [5, 5.41) is 3.55. The van der Waals surface area contributed by atoms with Crippen molar-refractivity contribution in [3.05, 3.63) is 94.5 Å². The van der Waals surface area contributed by atoms with Crippen molar-refractivity contribution in [2.24, 2.45) is 0 Å². The molecule has 9 heteroatoms. The number of sulfonamides is 1. The van der Waals surface area contributed by atoms with Gasteiger partial charge in [-0.3, -0.25) is 13.9 Å². The monoisotopic (exact) mass is 595 g/mol. The predicted octanol–water partition coefficient (Wildman–Crippen LogP) is 6.02. The Morgan fingerprint density at radius 2 is 1.54 bits per heavy atom. The molecule has 0 aliphatic heterocycles. The van der Waals surface area contributed by atoms with Crippen LogP contribution in [0.1, 0.15) is 55.7 Å². The maximum Gasteiger partial charge on any atom is 0.264 e. The number of carbonyl (C=O) groups is 2. The topological polar surface area (TPSA) is 86.8 Å². The van der Waals surface area contributed by atoms with Crippen LogP contribution in [0.5, 0.6) is 0 Å². The first kappa shape index (κ1) is 30.6. The zero-order valence-electron chi connectivity index (χ0n) is 23.8. The molecular formula is C32H38ClN3O4S. The average Bonchev–Trinajstić information content (AvgIpc) is 3.46. The van der Waals surface area contributed by atoms with E-state index >= 15 is 0 Å². The minimum Gasteiger partial charge on any atom is -0.352 e. The van der Waals surface area contributed by atoms with Gasteiger partial charge in [-0.1, -0.05) is 73.8 Å². The van der Waals surface area contributed by atoms with Crippen LogP contribution in [-0.2, 0) is 26.2 Å². The second-order valence-electron chi connectivity index (χ2n) is 10.6. The van der Waals surface area contributed by atoms with Crippen LogP contribution in [0.25, 0.3) is 0 Å². The molecule has 0 radical (unpaired) electrons. The van der Waals surface area contributed by atoms with Crippen molar-refractivity contribution in [2.45, 2.75) is 76.4 Å². The van der Waals surface area contributed by atoms with Crippen molar-refractivity contribution < 1.29 is 18.0 Å². The van der Waals surface area contributed by atoms with Crippen LogP contribution in [0.4, 0.5) is 5.69 Å². The van der Waals surface area contributed by atoms with Crippen LogP contribution in [-0.4, -0.2) is 43.8 Å². The van der Waals surface area contributed by atoms with E-state index in [9.17, 15) is 18.0 Å². The van der Waals surface area contributed by atoms with Crippen molar-refractivity contribution >= 4 is 39.1 Å². The van der Waals surface area contributed by atoms with E-state index in [0.717, 1.165) is 41.1 Å². The second kappa shape index (κ2) is 13.5. The molecule has 0 saturated heterocycles. The summed E-state index contributed by atoms with van der Waals surface area (Å²) in [6.07, 6.45) is 4.39. The number of hydrogen-bond donors (Lipinski definition) is 1. The quantitative estimate of drug-likeness (QED) is 0.294. The van der Waals surface area contributed by atoms with Gasteiger partial charge in [0.1, 0.15) is 12.6 Å². The molecule has 0 bridgehead atoms. The predicted molar refractivity (Wildman–Crippen MR) is 163 cm³/mol. The van der Waals surface area contributed by atoms with Crippen LogP contribution in [0, 0.1) is 13.8 Å². The number of benzene rings is 3. The third-order valence-electron chi connectivity index (χ3n) is 7.75. The van der Waals surface area contributed by atoms with Gasteiger partial charge in [0.15, 0.2) is 0 Å². The lowest BCUT2D eigenvalue weighted by molar-refractivity contribution is -0.140. The maximum atomic E-state index is 14.2. The second-order valence-corrected chi connectivity index (χ2v) is 12.9. The summed E-state index contributed by atoms with van der Waals surface area (Å²) >= 11 is 6.03. The Balaban J connectivity index is 1.73. The Morgan fingerprint density at radius 1 is 0.927 bits per heavy atom. The first-order valence-corrected chi connectivity index (χ1v) is 15.9. The van der Waals surface area contributed by atoms with E-state index in [1.165, 1.54) is 29.2 Å². The van der Waals surface area contributed by atoms with Crippen molar-refractivity contribution in [3.8, 4) is 0 Å². The zero-order valence-corrected chi connectivity index (χ0v) is 25.4. The first-order valence-electron chi connectivity index (χ1n) is 14.1. The maximum absolute atomic E-state index is 14.2. The molecule has 7 nitrogen and oxygen atoms in total. The summed E-state index contributed by atoms with van der Waals surface area (Å²) in [5.74, 6) is -0.660. The van der Waals surface area contributed by atoms with Crippen LogP contribution in [0.2, 0.25) is 5.02 Å². The lowest BCUT2D eigenvalue weighted by Gasteiger charge is -2.34. The van der Waals surface area contributed by atoms with E-state index in [4.69, 9.17) is 11.6 Å². The molecule has 1 N–H and O–H groups in total. The Labute approximate surface area is 248 Å². The molecule has 218 valence electrons. The zero-order chi connectivity index (χ0) is 29.6. The number of anilines is 1. The Hall–Kier alpha value is -3.36. The molecule has 0 unspecified atom stereocenters. The highest BCUT2D eigenvalue weighted by atomic mass is 35.5. The number of hydrogen-bond acceptors (Lipinski definition) is 4. The Morgan fingerprint density at radius 3 is 2.15 bits per heavy atom. The molecule has 4 rings (SSSR count). The molecule has 41 heavy (non-hydrogen) atoms. The average molecular weight is 596 g/mol. The lowest BCUT2D eigenvalue weighted by atomic mass is 10.1. The molecule has 0 heterocycles. The summed E-state index contributed by atoms with van der Waals surface area (Å²) < 4.78 is 29.1. The number of rotatable bonds is 11. The molecule has 1 atom stereocenters. The smallest absolute Gasteiger partial charge is 0.264 e. The molecule has 0 spiro atoms. The number of amides is 2. The molecule has 0 aromatic heterocycles. The van der Waals surface area contributed by atoms with E-state index in [1.54, 1.807) is 25.1 Å². The van der Waals surface area contributed by atoms with E-state index in [1.807, 2.05) is 44.2 Å². The molecule has 3 aromatic carbocycles. The third-order valence-corrected chi connectivity index (χ3v) is 9.78. The number of nitrogens with zero attached hydrogens (tertiary/aromatic N) is 2. The minimum atomic E-state index is -4.15. The van der Waals surface area contributed by atoms with Crippen LogP contribution < -0.4 is 9.62 Å². The fourth-order valence-electron chi connectivity index (χ4n) is 5.35. The van der Waals surface area contributed by atoms with E-state index in [0.29, 0.717) is 22.7 Å². The van der Waals surface area contributed by atoms with Crippen molar-refractivity contribution in [2.75, 3.05) is 10.8 Å². The van der Waals surface area contributed by atoms with Gasteiger partial charge in [0.2, 0.25) is 11.8 Å². The number of nitrogens with one attached hydrogen (secondary N) is 1. The van der Waals surface area contributed by atoms with Gasteiger partial charge in [-0.25, -0.2) is 8.42 Å². The molecule has 1 saturated carbocycles. The van der Waals surface area contributed by atoms with Crippen molar-refractivity contribution in [1.82, 2.24) is 10.2 Å². The first-order chi connectivity index (χ1) is 19.6. The van der Waals surface area contributed by atoms with Gasteiger partial charge < -0.3 is 10.2 Å². The van der Waals surface area contributed by atoms with Gasteiger partial charge in [0.05, 0.1) is 10.6 Å². The number of para-hydroxylation sites is 1. The normalized spacial score (nSPS) is 14.4. The Kier molecular flexibility index (Phi) is 10.1. The van der Waals surface area contributed by atoms with Gasteiger partial charge in [0, 0.05) is 17.6 Å². The molecule has 2 amide bonds. The number of aryl methyl sites for hydroxylation is 2. The van der Waals surface area contributed by atoms with Gasteiger partial charge in [-0.2, -0.15) is 0 Å². The lowest BCUT2D eigenvalue weighted by Crippen LogP contribution is -2.53. The van der Waals surface area contributed by atoms with E-state index < -0.39 is 28.5 Å². The summed E-state index contributed by atoms with van der Waals surface area (Å²) in [6, 6.07) is 20.0. The highest BCUT2D eigenvalue weighted by Gasteiger charge is 2.35. The summed E-state index contributed by atoms with van der Waals surface area (Å²) in [4.78, 5) is 29.4. The van der Waals surface area contributed by atoms with Gasteiger partial charge in [0.25, 0.3) is 10.0 Å². The van der Waals surface area contributed by atoms with Crippen molar-refractivity contribution in [1.29, 1.82) is 0 Å². The summed E-state index contributed by atoms with van der Waals surface area (Å²) in [5.41, 5.74) is 2.99. The fourth-order valence-corrected chi connectivity index (χ4v) is 6.95. The van der Waals surface area contributed by atoms with Gasteiger partial charge >= 0.3 is 0 Å². The van der Waals surface area contributed by atoms with Gasteiger partial charge in [-0.05, 0) is 80.1 Å². The van der Waals surface area contributed by atoms with E-state index in [2.05, 4.69) is 5.32 Å². The molecule has 1 aliphatic carbocycles. The van der Waals surface area contributed by atoms with Crippen LogP contribution >= 0.6 is 11.6 Å². The van der Waals surface area contributed by atoms with Crippen molar-refractivity contribution in [3.63, 3.8) is 0 Å². The molecule has 1 fully saturated rings. The summed E-state index contributed by atoms with van der Waals surface area (Å²) in [6.45, 7) is 5.36. The van der Waals surface area contributed by atoms with Gasteiger partial charge in [-0.15, -0.1) is 0 Å². The number of halogens is 1. The van der Waals surface area contributed by atoms with Crippen LogP contribution in [0.15, 0.2) is 77.7 Å². The highest BCUT2D eigenvalue weighted by Crippen LogP contribution is 2.28. The third kappa shape index (κ3) is 7.29. The number of carbonyl (C=O) groups excluding carboxylic acids is 2. The SMILES string of the molecule is CC[C@@H](C(=O)NC1CCCC1)N(Cc1ccccc1C)C(=O)CN(c1ccccc1C)S(=O)(=O)c1ccc(Cl)cc1.